The van der Waals surface area contributed by atoms with Gasteiger partial charge in [-0.3, -0.25) is 9.59 Å². The first kappa shape index (κ1) is 18.9. The van der Waals surface area contributed by atoms with Crippen molar-refractivity contribution in [1.29, 1.82) is 0 Å². The number of pyridine rings is 1. The number of carbonyl (C=O) groups is 1. The molecule has 0 saturated carbocycles. The first-order valence-electron chi connectivity index (χ1n) is 8.30. The molecule has 0 fully saturated rings. The molecular formula is C19H13BrClN3O3S. The van der Waals surface area contributed by atoms with Gasteiger partial charge < -0.3 is 9.40 Å². The van der Waals surface area contributed by atoms with E-state index in [-0.39, 0.29) is 11.5 Å². The Morgan fingerprint density at radius 1 is 1.25 bits per heavy atom. The third-order valence-corrected chi connectivity index (χ3v) is 6.05. The minimum atomic E-state index is -0.293. The van der Waals surface area contributed by atoms with Gasteiger partial charge in [-0.05, 0) is 65.2 Å². The number of hydrogen-bond donors (Lipinski definition) is 1. The molecule has 142 valence electrons. The van der Waals surface area contributed by atoms with Crippen LogP contribution >= 0.6 is 38.9 Å². The summed E-state index contributed by atoms with van der Waals surface area (Å²) in [4.78, 5) is 28.6. The van der Waals surface area contributed by atoms with Gasteiger partial charge in [0.05, 0.1) is 26.3 Å². The summed E-state index contributed by atoms with van der Waals surface area (Å²) in [5.74, 6) is -0.293. The summed E-state index contributed by atoms with van der Waals surface area (Å²) in [6, 6.07) is 10.6. The summed E-state index contributed by atoms with van der Waals surface area (Å²) < 4.78 is 7.54. The fourth-order valence-corrected chi connectivity index (χ4v) is 4.07. The molecule has 0 bridgehead atoms. The van der Waals surface area contributed by atoms with Crippen LogP contribution in [0.2, 0.25) is 4.34 Å². The van der Waals surface area contributed by atoms with Crippen molar-refractivity contribution in [1.82, 2.24) is 14.8 Å². The largest absolute Gasteiger partial charge is 0.472 e. The second kappa shape index (κ2) is 7.90. The number of H-pyrrole nitrogens is 1. The van der Waals surface area contributed by atoms with Crippen LogP contribution in [-0.4, -0.2) is 20.7 Å². The summed E-state index contributed by atoms with van der Waals surface area (Å²) >= 11 is 10.7. The Labute approximate surface area is 176 Å². The number of furan rings is 1. The summed E-state index contributed by atoms with van der Waals surface area (Å²) in [5, 5.41) is 4.44. The molecule has 0 aliphatic carbocycles. The van der Waals surface area contributed by atoms with Gasteiger partial charge in [-0.15, -0.1) is 11.3 Å². The van der Waals surface area contributed by atoms with Crippen molar-refractivity contribution in [2.75, 3.05) is 0 Å². The van der Waals surface area contributed by atoms with Gasteiger partial charge in [0, 0.05) is 10.6 Å². The summed E-state index contributed by atoms with van der Waals surface area (Å²) in [5.41, 5.74) is 1.92. The molecule has 4 heterocycles. The van der Waals surface area contributed by atoms with E-state index < -0.39 is 0 Å². The summed E-state index contributed by atoms with van der Waals surface area (Å²) in [6.07, 6.45) is 4.14. The molecule has 0 radical (unpaired) electrons. The van der Waals surface area contributed by atoms with Crippen molar-refractivity contribution in [3.05, 3.63) is 84.2 Å². The lowest BCUT2D eigenvalue weighted by atomic mass is 10.2. The number of aryl methyl sites for hydroxylation is 2. The summed E-state index contributed by atoms with van der Waals surface area (Å²) in [7, 11) is 0. The van der Waals surface area contributed by atoms with Crippen molar-refractivity contribution in [2.45, 2.75) is 12.8 Å². The number of aromatic amines is 1. The van der Waals surface area contributed by atoms with Gasteiger partial charge in [0.1, 0.15) is 12.0 Å². The number of rotatable bonds is 5. The Bertz CT molecular complexity index is 1190. The van der Waals surface area contributed by atoms with Crippen molar-refractivity contribution in [2.24, 2.45) is 0 Å². The Morgan fingerprint density at radius 2 is 2.11 bits per heavy atom. The van der Waals surface area contributed by atoms with Gasteiger partial charge in [-0.25, -0.2) is 0 Å². The van der Waals surface area contributed by atoms with Gasteiger partial charge in [-0.1, -0.05) is 11.6 Å². The van der Waals surface area contributed by atoms with E-state index in [1.807, 2.05) is 18.2 Å². The van der Waals surface area contributed by atoms with Crippen molar-refractivity contribution in [3.8, 4) is 11.4 Å². The molecule has 0 aliphatic heterocycles. The molecule has 4 aromatic rings. The maximum Gasteiger partial charge on any atom is 0.281 e. The highest BCUT2D eigenvalue weighted by Crippen LogP contribution is 2.24. The second-order valence-electron chi connectivity index (χ2n) is 6.00. The third kappa shape index (κ3) is 3.89. The van der Waals surface area contributed by atoms with Crippen LogP contribution in [0.5, 0.6) is 0 Å². The van der Waals surface area contributed by atoms with Gasteiger partial charge in [0.15, 0.2) is 0 Å². The Morgan fingerprint density at radius 3 is 2.79 bits per heavy atom. The SMILES string of the molecule is O=C(c1ccoc1)n1nc(-c2ccc(Br)c(=O)[nH]2)cc1CCc1ccc(Cl)s1. The standard InChI is InChI=1S/C19H13BrClN3O3S/c20-14-4-5-15(22-18(14)25)16-9-12(1-2-13-3-6-17(21)28-13)24(23-16)19(26)11-7-8-27-10-11/h3-10H,1-2H2,(H,22,25). The molecule has 0 atom stereocenters. The van der Waals surface area contributed by atoms with Gasteiger partial charge >= 0.3 is 0 Å². The van der Waals surface area contributed by atoms with E-state index in [2.05, 4.69) is 26.0 Å². The third-order valence-electron chi connectivity index (χ3n) is 4.14. The highest BCUT2D eigenvalue weighted by atomic mass is 79.9. The van der Waals surface area contributed by atoms with E-state index in [0.29, 0.717) is 27.8 Å². The smallest absolute Gasteiger partial charge is 0.281 e. The van der Waals surface area contributed by atoms with Crippen molar-refractivity contribution in [3.63, 3.8) is 0 Å². The van der Waals surface area contributed by atoms with Crippen LogP contribution in [0.4, 0.5) is 0 Å². The molecule has 1 N–H and O–H groups in total. The molecule has 4 rings (SSSR count). The van der Waals surface area contributed by atoms with Crippen LogP contribution in [-0.2, 0) is 12.8 Å². The second-order valence-corrected chi connectivity index (χ2v) is 8.66. The number of halogens is 2. The van der Waals surface area contributed by atoms with E-state index in [9.17, 15) is 9.59 Å². The lowest BCUT2D eigenvalue weighted by molar-refractivity contribution is 0.0941. The van der Waals surface area contributed by atoms with E-state index in [1.165, 1.54) is 28.5 Å². The zero-order chi connectivity index (χ0) is 19.7. The first-order chi connectivity index (χ1) is 13.5. The molecule has 0 amide bonds. The minimum absolute atomic E-state index is 0.261. The van der Waals surface area contributed by atoms with Crippen LogP contribution in [0.1, 0.15) is 20.9 Å². The highest BCUT2D eigenvalue weighted by Gasteiger charge is 2.18. The van der Waals surface area contributed by atoms with Crippen LogP contribution in [0.15, 0.2) is 62.6 Å². The van der Waals surface area contributed by atoms with Crippen molar-refractivity contribution >= 4 is 44.8 Å². The topological polar surface area (TPSA) is 80.9 Å². The fraction of sp³-hybridized carbons (Fsp3) is 0.105. The zero-order valence-electron chi connectivity index (χ0n) is 14.3. The quantitative estimate of drug-likeness (QED) is 0.447. The van der Waals surface area contributed by atoms with Gasteiger partial charge in [0.2, 0.25) is 0 Å². The number of nitrogens with zero attached hydrogens (tertiary/aromatic N) is 2. The Balaban J connectivity index is 1.71. The maximum atomic E-state index is 12.9. The number of carbonyl (C=O) groups excluding carboxylic acids is 1. The monoisotopic (exact) mass is 477 g/mol. The van der Waals surface area contributed by atoms with Gasteiger partial charge in [0.25, 0.3) is 11.5 Å². The van der Waals surface area contributed by atoms with Crippen LogP contribution < -0.4 is 5.56 Å². The molecule has 0 aromatic carbocycles. The molecule has 4 aromatic heterocycles. The Kier molecular flexibility index (Phi) is 5.34. The number of nitrogens with one attached hydrogen (secondary N) is 1. The normalized spacial score (nSPS) is 11.1. The Hall–Kier alpha value is -2.42. The molecule has 9 heteroatoms. The average Bonchev–Trinajstić information content (AvgIpc) is 3.42. The molecule has 0 saturated heterocycles. The summed E-state index contributed by atoms with van der Waals surface area (Å²) in [6.45, 7) is 0. The number of thiophene rings is 1. The predicted octanol–water partition coefficient (Wildman–Crippen LogP) is 4.78. The number of aromatic nitrogens is 3. The zero-order valence-corrected chi connectivity index (χ0v) is 17.5. The molecule has 0 unspecified atom stereocenters. The van der Waals surface area contributed by atoms with Crippen molar-refractivity contribution < 1.29 is 9.21 Å². The van der Waals surface area contributed by atoms with Gasteiger partial charge in [-0.2, -0.15) is 9.78 Å². The number of hydrogen-bond acceptors (Lipinski definition) is 5. The molecule has 0 aliphatic rings. The molecule has 6 nitrogen and oxygen atoms in total. The molecule has 28 heavy (non-hydrogen) atoms. The van der Waals surface area contributed by atoms with Crippen LogP contribution in [0.3, 0.4) is 0 Å². The average molecular weight is 479 g/mol. The predicted molar refractivity (Wildman–Crippen MR) is 111 cm³/mol. The van der Waals surface area contributed by atoms with E-state index in [1.54, 1.807) is 18.2 Å². The lowest BCUT2D eigenvalue weighted by Gasteiger charge is -2.04. The maximum absolute atomic E-state index is 12.9. The first-order valence-corrected chi connectivity index (χ1v) is 10.3. The fourth-order valence-electron chi connectivity index (χ4n) is 2.76. The van der Waals surface area contributed by atoms with E-state index in [4.69, 9.17) is 16.0 Å². The minimum Gasteiger partial charge on any atom is -0.472 e. The molecule has 0 spiro atoms. The highest BCUT2D eigenvalue weighted by molar-refractivity contribution is 9.10. The van der Waals surface area contributed by atoms with Crippen LogP contribution in [0, 0.1) is 0 Å². The lowest BCUT2D eigenvalue weighted by Crippen LogP contribution is -2.16. The van der Waals surface area contributed by atoms with Crippen LogP contribution in [0.25, 0.3) is 11.4 Å². The van der Waals surface area contributed by atoms with E-state index in [0.717, 1.165) is 21.3 Å². The molecular weight excluding hydrogens is 466 g/mol. The van der Waals surface area contributed by atoms with E-state index >= 15 is 0 Å².